The van der Waals surface area contributed by atoms with E-state index < -0.39 is 6.10 Å². The van der Waals surface area contributed by atoms with Gasteiger partial charge in [-0.15, -0.1) is 0 Å². The molecule has 0 aliphatic heterocycles. The Morgan fingerprint density at radius 2 is 1.74 bits per heavy atom. The zero-order chi connectivity index (χ0) is 16.8. The lowest BCUT2D eigenvalue weighted by Crippen LogP contribution is -2.21. The summed E-state index contributed by atoms with van der Waals surface area (Å²) in [5, 5.41) is 13.5. The van der Waals surface area contributed by atoms with E-state index in [0.29, 0.717) is 30.2 Å². The van der Waals surface area contributed by atoms with E-state index in [4.69, 9.17) is 9.47 Å². The van der Waals surface area contributed by atoms with Gasteiger partial charge in [0.15, 0.2) is 0 Å². The molecular weight excluding hydrogens is 297 g/mol. The molecule has 23 heavy (non-hydrogen) atoms. The lowest BCUT2D eigenvalue weighted by Gasteiger charge is -2.15. The third-order valence-electron chi connectivity index (χ3n) is 3.72. The van der Waals surface area contributed by atoms with Gasteiger partial charge in [0.1, 0.15) is 17.3 Å². The van der Waals surface area contributed by atoms with E-state index in [1.807, 2.05) is 6.92 Å². The molecule has 0 spiro atoms. The Morgan fingerprint density at radius 1 is 1.09 bits per heavy atom. The maximum Gasteiger partial charge on any atom is 0.123 e. The van der Waals surface area contributed by atoms with Crippen LogP contribution in [-0.4, -0.2) is 25.9 Å². The quantitative estimate of drug-likeness (QED) is 0.824. The highest BCUT2D eigenvalue weighted by Crippen LogP contribution is 2.26. The summed E-state index contributed by atoms with van der Waals surface area (Å²) in [6.07, 6.45) is -0.695. The number of aliphatic hydroxyl groups is 1. The predicted molar refractivity (Wildman–Crippen MR) is 87.3 cm³/mol. The Balaban J connectivity index is 1.98. The summed E-state index contributed by atoms with van der Waals surface area (Å²) in [7, 11) is 3.14. The number of ether oxygens (including phenoxy) is 2. The second-order valence-electron chi connectivity index (χ2n) is 5.36. The number of aryl methyl sites for hydroxylation is 1. The van der Waals surface area contributed by atoms with Crippen molar-refractivity contribution in [3.8, 4) is 11.5 Å². The molecule has 0 bridgehead atoms. The summed E-state index contributed by atoms with van der Waals surface area (Å²) in [6.45, 7) is 2.79. The molecule has 0 aliphatic carbocycles. The van der Waals surface area contributed by atoms with Gasteiger partial charge in [-0.25, -0.2) is 4.39 Å². The summed E-state index contributed by atoms with van der Waals surface area (Å²) >= 11 is 0. The van der Waals surface area contributed by atoms with Gasteiger partial charge < -0.3 is 19.9 Å². The minimum absolute atomic E-state index is 0.241. The summed E-state index contributed by atoms with van der Waals surface area (Å²) in [5.74, 6) is 1.02. The van der Waals surface area contributed by atoms with Gasteiger partial charge >= 0.3 is 0 Å². The van der Waals surface area contributed by atoms with Crippen molar-refractivity contribution in [3.05, 3.63) is 58.9 Å². The monoisotopic (exact) mass is 319 g/mol. The molecule has 0 radical (unpaired) electrons. The molecule has 0 saturated carbocycles. The molecule has 2 aromatic carbocycles. The fourth-order valence-electron chi connectivity index (χ4n) is 2.34. The van der Waals surface area contributed by atoms with E-state index in [-0.39, 0.29) is 5.82 Å². The van der Waals surface area contributed by atoms with Gasteiger partial charge in [-0.2, -0.15) is 0 Å². The molecule has 4 nitrogen and oxygen atoms in total. The van der Waals surface area contributed by atoms with Crippen molar-refractivity contribution < 1.29 is 19.0 Å². The van der Waals surface area contributed by atoms with Crippen LogP contribution in [0.25, 0.3) is 0 Å². The number of methoxy groups -OCH3 is 2. The second kappa shape index (κ2) is 7.94. The zero-order valence-electron chi connectivity index (χ0n) is 13.6. The van der Waals surface area contributed by atoms with E-state index in [1.165, 1.54) is 12.1 Å². The molecule has 0 heterocycles. The number of aliphatic hydroxyl groups excluding tert-OH is 1. The molecule has 0 fully saturated rings. The first kappa shape index (κ1) is 17.2. The Labute approximate surface area is 135 Å². The highest BCUT2D eigenvalue weighted by atomic mass is 19.1. The molecular formula is C18H22FNO3. The van der Waals surface area contributed by atoms with E-state index in [0.717, 1.165) is 11.1 Å². The van der Waals surface area contributed by atoms with Crippen molar-refractivity contribution in [2.75, 3.05) is 20.8 Å². The van der Waals surface area contributed by atoms with Gasteiger partial charge in [0, 0.05) is 19.2 Å². The van der Waals surface area contributed by atoms with Crippen molar-refractivity contribution in [1.29, 1.82) is 0 Å². The van der Waals surface area contributed by atoms with Crippen LogP contribution in [0, 0.1) is 12.7 Å². The van der Waals surface area contributed by atoms with Crippen molar-refractivity contribution in [2.24, 2.45) is 0 Å². The molecule has 5 heteroatoms. The van der Waals surface area contributed by atoms with Gasteiger partial charge in [-0.05, 0) is 47.9 Å². The number of hydrogen-bond acceptors (Lipinski definition) is 4. The minimum Gasteiger partial charge on any atom is -0.497 e. The molecule has 2 N–H and O–H groups in total. The highest BCUT2D eigenvalue weighted by Gasteiger charge is 2.11. The van der Waals surface area contributed by atoms with Crippen molar-refractivity contribution >= 4 is 0 Å². The number of nitrogens with one attached hydrogen (secondary N) is 1. The van der Waals surface area contributed by atoms with Crippen LogP contribution < -0.4 is 14.8 Å². The number of hydrogen-bond donors (Lipinski definition) is 2. The van der Waals surface area contributed by atoms with Crippen molar-refractivity contribution in [2.45, 2.75) is 19.6 Å². The lowest BCUT2D eigenvalue weighted by molar-refractivity contribution is 0.173. The van der Waals surface area contributed by atoms with E-state index in [1.54, 1.807) is 38.5 Å². The van der Waals surface area contributed by atoms with Crippen LogP contribution in [0.2, 0.25) is 0 Å². The Bertz CT molecular complexity index is 638. The molecule has 0 aromatic heterocycles. The molecule has 0 saturated heterocycles. The van der Waals surface area contributed by atoms with Gasteiger partial charge in [0.25, 0.3) is 0 Å². The third kappa shape index (κ3) is 4.68. The Morgan fingerprint density at radius 3 is 2.30 bits per heavy atom. The van der Waals surface area contributed by atoms with Crippen molar-refractivity contribution in [3.63, 3.8) is 0 Å². The molecule has 0 aliphatic rings. The lowest BCUT2D eigenvalue weighted by atomic mass is 10.1. The summed E-state index contributed by atoms with van der Waals surface area (Å²) in [5.41, 5.74) is 2.60. The number of benzene rings is 2. The van der Waals surface area contributed by atoms with E-state index >= 15 is 0 Å². The van der Waals surface area contributed by atoms with Gasteiger partial charge in [-0.1, -0.05) is 6.07 Å². The Kier molecular flexibility index (Phi) is 5.96. The van der Waals surface area contributed by atoms with Crippen LogP contribution in [-0.2, 0) is 6.54 Å². The normalized spacial score (nSPS) is 12.0. The SMILES string of the molecule is COc1cc(OC)cc(C(O)CNCc2ccc(F)cc2C)c1. The molecule has 124 valence electrons. The van der Waals surface area contributed by atoms with Crippen molar-refractivity contribution in [1.82, 2.24) is 5.32 Å². The second-order valence-corrected chi connectivity index (χ2v) is 5.36. The van der Waals surface area contributed by atoms with E-state index in [9.17, 15) is 9.50 Å². The van der Waals surface area contributed by atoms with E-state index in [2.05, 4.69) is 5.32 Å². The average molecular weight is 319 g/mol. The number of rotatable bonds is 7. The van der Waals surface area contributed by atoms with Crippen LogP contribution in [0.4, 0.5) is 4.39 Å². The van der Waals surface area contributed by atoms with Crippen LogP contribution in [0.15, 0.2) is 36.4 Å². The average Bonchev–Trinajstić information content (AvgIpc) is 2.56. The maximum absolute atomic E-state index is 13.1. The molecule has 2 aromatic rings. The topological polar surface area (TPSA) is 50.7 Å². The fraction of sp³-hybridized carbons (Fsp3) is 0.333. The fourth-order valence-corrected chi connectivity index (χ4v) is 2.34. The largest absolute Gasteiger partial charge is 0.497 e. The zero-order valence-corrected chi connectivity index (χ0v) is 13.6. The standard InChI is InChI=1S/C18H22FNO3/c1-12-6-15(19)5-4-13(12)10-20-11-18(21)14-7-16(22-2)9-17(8-14)23-3/h4-9,18,20-21H,10-11H2,1-3H3. The first-order valence-corrected chi connectivity index (χ1v) is 7.40. The Hall–Kier alpha value is -2.11. The van der Waals surface area contributed by atoms with Gasteiger partial charge in [-0.3, -0.25) is 0 Å². The number of halogens is 1. The molecule has 0 amide bonds. The highest BCUT2D eigenvalue weighted by molar-refractivity contribution is 5.39. The third-order valence-corrected chi connectivity index (χ3v) is 3.72. The molecule has 2 rings (SSSR count). The van der Waals surface area contributed by atoms with Crippen LogP contribution >= 0.6 is 0 Å². The first-order valence-electron chi connectivity index (χ1n) is 7.40. The van der Waals surface area contributed by atoms with Crippen LogP contribution in [0.5, 0.6) is 11.5 Å². The maximum atomic E-state index is 13.1. The molecule has 1 atom stereocenters. The van der Waals surface area contributed by atoms with Gasteiger partial charge in [0.05, 0.1) is 20.3 Å². The smallest absolute Gasteiger partial charge is 0.123 e. The first-order chi connectivity index (χ1) is 11.0. The minimum atomic E-state index is -0.695. The summed E-state index contributed by atoms with van der Waals surface area (Å²) < 4.78 is 23.5. The molecule has 1 unspecified atom stereocenters. The summed E-state index contributed by atoms with van der Waals surface area (Å²) in [4.78, 5) is 0. The van der Waals surface area contributed by atoms with Gasteiger partial charge in [0.2, 0.25) is 0 Å². The van der Waals surface area contributed by atoms with Crippen LogP contribution in [0.3, 0.4) is 0 Å². The predicted octanol–water partition coefficient (Wildman–Crippen LogP) is 2.97. The summed E-state index contributed by atoms with van der Waals surface area (Å²) in [6, 6.07) is 9.99. The van der Waals surface area contributed by atoms with Crippen LogP contribution in [0.1, 0.15) is 22.8 Å².